The number of anilines is 1. The van der Waals surface area contributed by atoms with Crippen LogP contribution in [0.1, 0.15) is 37.7 Å². The van der Waals surface area contributed by atoms with Crippen LogP contribution in [0.15, 0.2) is 65.8 Å². The van der Waals surface area contributed by atoms with Crippen LogP contribution in [0.3, 0.4) is 0 Å². The quantitative estimate of drug-likeness (QED) is 0.798. The van der Waals surface area contributed by atoms with E-state index in [4.69, 9.17) is 0 Å². The van der Waals surface area contributed by atoms with Crippen molar-refractivity contribution in [2.45, 2.75) is 44.6 Å². The molecule has 1 heterocycles. The third-order valence-electron chi connectivity index (χ3n) is 5.70. The van der Waals surface area contributed by atoms with Crippen LogP contribution < -0.4 is 5.43 Å². The van der Waals surface area contributed by atoms with Crippen LogP contribution in [0.25, 0.3) is 0 Å². The van der Waals surface area contributed by atoms with Crippen LogP contribution >= 0.6 is 0 Å². The first-order valence-corrected chi connectivity index (χ1v) is 10.0. The highest BCUT2D eigenvalue weighted by Crippen LogP contribution is 2.29. The second-order valence-corrected chi connectivity index (χ2v) is 7.61. The lowest BCUT2D eigenvalue weighted by Gasteiger charge is -2.30. The normalized spacial score (nSPS) is 22.4. The summed E-state index contributed by atoms with van der Waals surface area (Å²) in [6, 6.07) is 20.6. The number of rotatable bonds is 5. The third kappa shape index (κ3) is 4.21. The Morgan fingerprint density at radius 3 is 2.30 bits per heavy atom. The van der Waals surface area contributed by atoms with Crippen LogP contribution in [-0.2, 0) is 11.2 Å². The maximum atomic E-state index is 13.2. The van der Waals surface area contributed by atoms with E-state index >= 15 is 0 Å². The van der Waals surface area contributed by atoms with Crippen molar-refractivity contribution in [1.82, 2.24) is 4.90 Å². The number of likely N-dealkylation sites (tertiary alicyclic amines) is 1. The Hall–Kier alpha value is -2.62. The lowest BCUT2D eigenvalue weighted by molar-refractivity contribution is -0.125. The smallest absolute Gasteiger partial charge is 0.270 e. The van der Waals surface area contributed by atoms with Crippen LogP contribution in [-0.4, -0.2) is 29.1 Å². The number of amides is 1. The topological polar surface area (TPSA) is 44.7 Å². The van der Waals surface area contributed by atoms with Crippen LogP contribution in [0.2, 0.25) is 0 Å². The maximum absolute atomic E-state index is 13.2. The summed E-state index contributed by atoms with van der Waals surface area (Å²) in [7, 11) is 0. The molecule has 27 heavy (non-hydrogen) atoms. The van der Waals surface area contributed by atoms with Crippen LogP contribution in [0.5, 0.6) is 0 Å². The lowest BCUT2D eigenvalue weighted by atomic mass is 9.94. The highest BCUT2D eigenvalue weighted by atomic mass is 16.2. The minimum atomic E-state index is 0.117. The van der Waals surface area contributed by atoms with Crippen LogP contribution in [0, 0.1) is 5.92 Å². The molecule has 1 saturated carbocycles. The Kier molecular flexibility index (Phi) is 5.52. The fourth-order valence-corrected chi connectivity index (χ4v) is 4.27. The van der Waals surface area contributed by atoms with Gasteiger partial charge in [0.15, 0.2) is 0 Å². The molecular formula is C23H27N3O. The number of carbonyl (C=O) groups is 1. The number of hydrogen-bond donors (Lipinski definition) is 1. The van der Waals surface area contributed by atoms with Crippen molar-refractivity contribution in [2.75, 3.05) is 12.0 Å². The van der Waals surface area contributed by atoms with Crippen molar-refractivity contribution in [1.29, 1.82) is 0 Å². The van der Waals surface area contributed by atoms with Gasteiger partial charge in [-0.05, 0) is 37.0 Å². The van der Waals surface area contributed by atoms with E-state index < -0.39 is 0 Å². The number of benzene rings is 2. The summed E-state index contributed by atoms with van der Waals surface area (Å²) < 4.78 is 0. The van der Waals surface area contributed by atoms with E-state index in [-0.39, 0.29) is 11.8 Å². The number of para-hydroxylation sites is 1. The summed E-state index contributed by atoms with van der Waals surface area (Å²) in [5, 5.41) is 4.57. The molecular weight excluding hydrogens is 334 g/mol. The van der Waals surface area contributed by atoms with Gasteiger partial charge in [0.1, 0.15) is 5.71 Å². The standard InChI is InChI=1S/C23H27N3O/c27-23-22(25-24-20-12-6-2-7-13-20)19(16-18-10-4-1-5-11-18)17-26(23)21-14-8-3-9-15-21/h1-2,4-7,10-13,19,21,24H,3,8-9,14-17H2/b25-22-. The van der Waals surface area contributed by atoms with Crippen LogP contribution in [0.4, 0.5) is 5.69 Å². The predicted octanol–water partition coefficient (Wildman–Crippen LogP) is 4.49. The summed E-state index contributed by atoms with van der Waals surface area (Å²) >= 11 is 0. The SMILES string of the molecule is O=C1/C(=N\Nc2ccccc2)C(Cc2ccccc2)CN1C1CCCCC1. The molecule has 1 unspecified atom stereocenters. The van der Waals surface area contributed by atoms with Gasteiger partial charge in [0.25, 0.3) is 5.91 Å². The van der Waals surface area contributed by atoms with Crippen molar-refractivity contribution >= 4 is 17.3 Å². The Bertz CT molecular complexity index is 782. The van der Waals surface area contributed by atoms with Gasteiger partial charge in [0.05, 0.1) is 5.69 Å². The fraction of sp³-hybridized carbons (Fsp3) is 0.391. The molecule has 2 aromatic carbocycles. The Morgan fingerprint density at radius 2 is 1.59 bits per heavy atom. The molecule has 1 saturated heterocycles. The van der Waals surface area contributed by atoms with Gasteiger partial charge in [0.2, 0.25) is 0 Å². The van der Waals surface area contributed by atoms with E-state index in [2.05, 4.69) is 39.7 Å². The van der Waals surface area contributed by atoms with Gasteiger partial charge in [0, 0.05) is 18.5 Å². The van der Waals surface area contributed by atoms with Gasteiger partial charge in [-0.2, -0.15) is 5.10 Å². The molecule has 140 valence electrons. The largest absolute Gasteiger partial charge is 0.334 e. The first-order chi connectivity index (χ1) is 13.3. The molecule has 0 aromatic heterocycles. The second kappa shape index (κ2) is 8.38. The molecule has 1 aliphatic carbocycles. The van der Waals surface area contributed by atoms with E-state index in [1.807, 2.05) is 36.4 Å². The van der Waals surface area contributed by atoms with Crippen molar-refractivity contribution in [3.63, 3.8) is 0 Å². The first kappa shape index (κ1) is 17.8. The molecule has 2 fully saturated rings. The molecule has 1 aliphatic heterocycles. The molecule has 1 N–H and O–H groups in total. The van der Waals surface area contributed by atoms with Crippen molar-refractivity contribution in [3.8, 4) is 0 Å². The van der Waals surface area contributed by atoms with Gasteiger partial charge < -0.3 is 4.90 Å². The van der Waals surface area contributed by atoms with Gasteiger partial charge in [-0.25, -0.2) is 0 Å². The zero-order valence-corrected chi connectivity index (χ0v) is 15.7. The summed E-state index contributed by atoms with van der Waals surface area (Å²) in [4.78, 5) is 15.3. The minimum Gasteiger partial charge on any atom is -0.334 e. The molecule has 4 nitrogen and oxygen atoms in total. The average molecular weight is 361 g/mol. The van der Waals surface area contributed by atoms with E-state index in [9.17, 15) is 4.79 Å². The summed E-state index contributed by atoms with van der Waals surface area (Å²) in [6.45, 7) is 0.785. The number of hydrazone groups is 1. The highest BCUT2D eigenvalue weighted by Gasteiger charge is 2.40. The monoisotopic (exact) mass is 361 g/mol. The summed E-state index contributed by atoms with van der Waals surface area (Å²) in [6.07, 6.45) is 6.86. The average Bonchev–Trinajstić information content (AvgIpc) is 3.04. The number of hydrogen-bond acceptors (Lipinski definition) is 3. The highest BCUT2D eigenvalue weighted by molar-refractivity contribution is 6.41. The second-order valence-electron chi connectivity index (χ2n) is 7.61. The fourth-order valence-electron chi connectivity index (χ4n) is 4.27. The molecule has 4 rings (SSSR count). The minimum absolute atomic E-state index is 0.117. The molecule has 1 amide bonds. The predicted molar refractivity (Wildman–Crippen MR) is 110 cm³/mol. The molecule has 0 bridgehead atoms. The Morgan fingerprint density at radius 1 is 0.926 bits per heavy atom. The molecule has 0 spiro atoms. The number of nitrogens with one attached hydrogen (secondary N) is 1. The molecule has 0 radical (unpaired) electrons. The Labute approximate surface area is 161 Å². The van der Waals surface area contributed by atoms with Gasteiger partial charge in [-0.1, -0.05) is 67.8 Å². The van der Waals surface area contributed by atoms with E-state index in [1.165, 1.54) is 24.8 Å². The lowest BCUT2D eigenvalue weighted by Crippen LogP contribution is -2.39. The van der Waals surface area contributed by atoms with Gasteiger partial charge in [-0.15, -0.1) is 0 Å². The van der Waals surface area contributed by atoms with E-state index in [1.54, 1.807) is 0 Å². The van der Waals surface area contributed by atoms with E-state index in [0.717, 1.165) is 31.5 Å². The van der Waals surface area contributed by atoms with Crippen molar-refractivity contribution in [2.24, 2.45) is 11.0 Å². The zero-order valence-electron chi connectivity index (χ0n) is 15.7. The summed E-state index contributed by atoms with van der Waals surface area (Å²) in [5.41, 5.74) is 5.94. The van der Waals surface area contributed by atoms with Crippen molar-refractivity contribution in [3.05, 3.63) is 66.2 Å². The molecule has 4 heteroatoms. The van der Waals surface area contributed by atoms with Gasteiger partial charge in [-0.3, -0.25) is 10.2 Å². The molecule has 2 aliphatic rings. The number of carbonyl (C=O) groups excluding carboxylic acids is 1. The van der Waals surface area contributed by atoms with E-state index in [0.29, 0.717) is 11.8 Å². The molecule has 2 aromatic rings. The first-order valence-electron chi connectivity index (χ1n) is 10.0. The molecule has 1 atom stereocenters. The maximum Gasteiger partial charge on any atom is 0.270 e. The Balaban J connectivity index is 1.56. The van der Waals surface area contributed by atoms with Gasteiger partial charge >= 0.3 is 0 Å². The van der Waals surface area contributed by atoms with Crippen molar-refractivity contribution < 1.29 is 4.79 Å². The number of nitrogens with zero attached hydrogens (tertiary/aromatic N) is 2. The third-order valence-corrected chi connectivity index (χ3v) is 5.70. The summed E-state index contributed by atoms with van der Waals surface area (Å²) in [5.74, 6) is 0.254. The zero-order chi connectivity index (χ0) is 18.5.